The Kier molecular flexibility index (Phi) is 3.10. The number of aliphatic carboxylic acids is 1. The molecule has 0 aromatic rings. The van der Waals surface area contributed by atoms with E-state index >= 15 is 0 Å². The largest absolute Gasteiger partial charge is 0.478 e. The third kappa shape index (κ3) is 2.54. The number of ether oxygens (including phenoxy) is 1. The van der Waals surface area contributed by atoms with Gasteiger partial charge in [-0.25, -0.2) is 4.79 Å². The van der Waals surface area contributed by atoms with Crippen LogP contribution in [-0.2, 0) is 9.53 Å². The molecule has 1 heterocycles. The van der Waals surface area contributed by atoms with Crippen LogP contribution in [0.15, 0.2) is 11.8 Å². The van der Waals surface area contributed by atoms with Gasteiger partial charge in [0, 0.05) is 24.9 Å². The third-order valence-corrected chi connectivity index (χ3v) is 1.84. The Hall–Kier alpha value is -1.03. The first-order valence-corrected chi connectivity index (χ1v) is 3.94. The lowest BCUT2D eigenvalue weighted by molar-refractivity contribution is -0.131. The SMILES string of the molecule is C/C(=C/C(=O)O)N1CCOCC1. The van der Waals surface area contributed by atoms with Crippen molar-refractivity contribution in [2.45, 2.75) is 6.92 Å². The van der Waals surface area contributed by atoms with Gasteiger partial charge in [-0.2, -0.15) is 0 Å². The number of hydrogen-bond donors (Lipinski definition) is 1. The first-order chi connectivity index (χ1) is 5.70. The van der Waals surface area contributed by atoms with E-state index in [9.17, 15) is 4.79 Å². The molecule has 0 spiro atoms. The summed E-state index contributed by atoms with van der Waals surface area (Å²) in [5.74, 6) is -0.890. The van der Waals surface area contributed by atoms with E-state index in [0.717, 1.165) is 18.8 Å². The molecule has 0 saturated carbocycles. The van der Waals surface area contributed by atoms with Gasteiger partial charge in [0.25, 0.3) is 0 Å². The smallest absolute Gasteiger partial charge is 0.330 e. The molecule has 1 rings (SSSR count). The molecule has 1 aliphatic rings. The van der Waals surface area contributed by atoms with E-state index in [1.165, 1.54) is 6.08 Å². The third-order valence-electron chi connectivity index (χ3n) is 1.84. The van der Waals surface area contributed by atoms with Crippen LogP contribution in [0.1, 0.15) is 6.92 Å². The predicted octanol–water partition coefficient (Wildman–Crippen LogP) is 0.307. The molecule has 1 N–H and O–H groups in total. The number of nitrogens with zero attached hydrogens (tertiary/aromatic N) is 1. The summed E-state index contributed by atoms with van der Waals surface area (Å²) in [6.07, 6.45) is 1.23. The molecule has 12 heavy (non-hydrogen) atoms. The lowest BCUT2D eigenvalue weighted by atomic mass is 10.3. The minimum absolute atomic E-state index is 0.685. The minimum atomic E-state index is -0.890. The summed E-state index contributed by atoms with van der Waals surface area (Å²) in [7, 11) is 0. The summed E-state index contributed by atoms with van der Waals surface area (Å²) in [5.41, 5.74) is 0.797. The highest BCUT2D eigenvalue weighted by Crippen LogP contribution is 2.05. The Labute approximate surface area is 71.4 Å². The normalized spacial score (nSPS) is 19.4. The molecule has 4 nitrogen and oxygen atoms in total. The van der Waals surface area contributed by atoms with Crippen LogP contribution in [-0.4, -0.2) is 42.3 Å². The zero-order valence-corrected chi connectivity index (χ0v) is 7.12. The van der Waals surface area contributed by atoms with Crippen molar-refractivity contribution in [2.24, 2.45) is 0 Å². The van der Waals surface area contributed by atoms with Crippen LogP contribution in [0, 0.1) is 0 Å². The second-order valence-electron chi connectivity index (χ2n) is 2.72. The highest BCUT2D eigenvalue weighted by molar-refractivity contribution is 5.80. The quantitative estimate of drug-likeness (QED) is 0.607. The van der Waals surface area contributed by atoms with Gasteiger partial charge in [-0.05, 0) is 6.92 Å². The van der Waals surface area contributed by atoms with E-state index in [0.29, 0.717) is 13.2 Å². The van der Waals surface area contributed by atoms with E-state index < -0.39 is 5.97 Å². The Bertz CT molecular complexity index is 194. The van der Waals surface area contributed by atoms with Gasteiger partial charge in [0.1, 0.15) is 0 Å². The molecule has 0 atom stereocenters. The average molecular weight is 171 g/mol. The lowest BCUT2D eigenvalue weighted by Crippen LogP contribution is -2.35. The number of hydrogen-bond acceptors (Lipinski definition) is 3. The molecule has 0 bridgehead atoms. The van der Waals surface area contributed by atoms with Gasteiger partial charge < -0.3 is 14.7 Å². The number of carboxylic acids is 1. The second kappa shape index (κ2) is 4.11. The molecular weight excluding hydrogens is 158 g/mol. The number of carbonyl (C=O) groups is 1. The molecule has 0 radical (unpaired) electrons. The summed E-state index contributed by atoms with van der Waals surface area (Å²) in [6.45, 7) is 4.75. The van der Waals surface area contributed by atoms with Crippen molar-refractivity contribution in [3.05, 3.63) is 11.8 Å². The molecule has 68 valence electrons. The van der Waals surface area contributed by atoms with Crippen LogP contribution in [0.3, 0.4) is 0 Å². The van der Waals surface area contributed by atoms with Crippen molar-refractivity contribution >= 4 is 5.97 Å². The van der Waals surface area contributed by atoms with E-state index in [4.69, 9.17) is 9.84 Å². The molecule has 0 amide bonds. The second-order valence-corrected chi connectivity index (χ2v) is 2.72. The summed E-state index contributed by atoms with van der Waals surface area (Å²) < 4.78 is 5.14. The maximum atomic E-state index is 10.3. The van der Waals surface area contributed by atoms with Gasteiger partial charge in [-0.15, -0.1) is 0 Å². The summed E-state index contributed by atoms with van der Waals surface area (Å²) in [4.78, 5) is 12.3. The van der Waals surface area contributed by atoms with Crippen LogP contribution < -0.4 is 0 Å². The highest BCUT2D eigenvalue weighted by Gasteiger charge is 2.10. The lowest BCUT2D eigenvalue weighted by Gasteiger charge is -2.28. The summed E-state index contributed by atoms with van der Waals surface area (Å²) in [5, 5.41) is 8.48. The minimum Gasteiger partial charge on any atom is -0.478 e. The van der Waals surface area contributed by atoms with Crippen LogP contribution in [0.5, 0.6) is 0 Å². The number of rotatable bonds is 2. The highest BCUT2D eigenvalue weighted by atomic mass is 16.5. The molecule has 0 unspecified atom stereocenters. The molecule has 0 aromatic heterocycles. The van der Waals surface area contributed by atoms with Crippen LogP contribution >= 0.6 is 0 Å². The molecule has 0 aliphatic carbocycles. The van der Waals surface area contributed by atoms with Crippen LogP contribution in [0.2, 0.25) is 0 Å². The van der Waals surface area contributed by atoms with Gasteiger partial charge in [0.05, 0.1) is 13.2 Å². The average Bonchev–Trinajstić information content (AvgIpc) is 2.05. The monoisotopic (exact) mass is 171 g/mol. The van der Waals surface area contributed by atoms with Gasteiger partial charge in [0.2, 0.25) is 0 Å². The number of morpholine rings is 1. The Morgan fingerprint density at radius 2 is 2.08 bits per heavy atom. The van der Waals surface area contributed by atoms with E-state index in [-0.39, 0.29) is 0 Å². The Balaban J connectivity index is 2.49. The zero-order valence-electron chi connectivity index (χ0n) is 7.12. The zero-order chi connectivity index (χ0) is 8.97. The van der Waals surface area contributed by atoms with E-state index in [1.54, 1.807) is 6.92 Å². The summed E-state index contributed by atoms with van der Waals surface area (Å²) in [6, 6.07) is 0. The Morgan fingerprint density at radius 3 is 2.58 bits per heavy atom. The van der Waals surface area contributed by atoms with Crippen LogP contribution in [0.25, 0.3) is 0 Å². The van der Waals surface area contributed by atoms with Crippen molar-refractivity contribution in [1.82, 2.24) is 4.90 Å². The van der Waals surface area contributed by atoms with Crippen molar-refractivity contribution < 1.29 is 14.6 Å². The standard InChI is InChI=1S/C8H13NO3/c1-7(6-8(10)11)9-2-4-12-5-3-9/h6H,2-5H2,1H3,(H,10,11)/b7-6-. The van der Waals surface area contributed by atoms with Crippen LogP contribution in [0.4, 0.5) is 0 Å². The van der Waals surface area contributed by atoms with Gasteiger partial charge >= 0.3 is 5.97 Å². The maximum Gasteiger partial charge on any atom is 0.330 e. The predicted molar refractivity (Wildman–Crippen MR) is 43.8 cm³/mol. The number of allylic oxidation sites excluding steroid dienone is 1. The number of carboxylic acid groups (broad SMARTS) is 1. The van der Waals surface area contributed by atoms with Crippen molar-refractivity contribution in [1.29, 1.82) is 0 Å². The van der Waals surface area contributed by atoms with Gasteiger partial charge in [-0.3, -0.25) is 0 Å². The molecule has 0 aromatic carbocycles. The van der Waals surface area contributed by atoms with E-state index in [1.807, 2.05) is 4.90 Å². The fourth-order valence-electron chi connectivity index (χ4n) is 1.19. The summed E-state index contributed by atoms with van der Waals surface area (Å²) >= 11 is 0. The molecule has 1 saturated heterocycles. The van der Waals surface area contributed by atoms with Crippen molar-refractivity contribution in [3.8, 4) is 0 Å². The first kappa shape index (κ1) is 9.06. The molecule has 4 heteroatoms. The van der Waals surface area contributed by atoms with Gasteiger partial charge in [0.15, 0.2) is 0 Å². The van der Waals surface area contributed by atoms with Gasteiger partial charge in [-0.1, -0.05) is 0 Å². The topological polar surface area (TPSA) is 49.8 Å². The van der Waals surface area contributed by atoms with Crippen molar-refractivity contribution in [2.75, 3.05) is 26.3 Å². The molecule has 1 aliphatic heterocycles. The molecule has 1 fully saturated rings. The fourth-order valence-corrected chi connectivity index (χ4v) is 1.19. The molecular formula is C8H13NO3. The van der Waals surface area contributed by atoms with E-state index in [2.05, 4.69) is 0 Å². The maximum absolute atomic E-state index is 10.3. The first-order valence-electron chi connectivity index (χ1n) is 3.94. The Morgan fingerprint density at radius 1 is 1.50 bits per heavy atom. The van der Waals surface area contributed by atoms with Crippen molar-refractivity contribution in [3.63, 3.8) is 0 Å². The fraction of sp³-hybridized carbons (Fsp3) is 0.625.